The van der Waals surface area contributed by atoms with Gasteiger partial charge in [-0.3, -0.25) is 9.59 Å². The molecule has 0 radical (unpaired) electrons. The summed E-state index contributed by atoms with van der Waals surface area (Å²) in [5, 5.41) is 8.74. The Morgan fingerprint density at radius 3 is 2.47 bits per heavy atom. The molecule has 0 aliphatic heterocycles. The first kappa shape index (κ1) is 24.5. The van der Waals surface area contributed by atoms with E-state index in [1.807, 2.05) is 74.5 Å². The van der Waals surface area contributed by atoms with Gasteiger partial charge in [0, 0.05) is 11.3 Å². The van der Waals surface area contributed by atoms with Crippen LogP contribution < -0.4 is 20.2 Å². The lowest BCUT2D eigenvalue weighted by molar-refractivity contribution is -0.118. The second kappa shape index (κ2) is 11.7. The molecule has 4 rings (SSSR count). The van der Waals surface area contributed by atoms with Crippen LogP contribution in [0, 0.1) is 6.92 Å². The molecule has 0 aliphatic carbocycles. The number of hydrogen-bond donors (Lipinski definition) is 2. The summed E-state index contributed by atoms with van der Waals surface area (Å²) in [6.07, 6.45) is 1.53. The predicted octanol–water partition coefficient (Wildman–Crippen LogP) is 5.33. The number of fused-ring (bicyclic) bond motifs is 1. The number of anilines is 1. The van der Waals surface area contributed by atoms with Crippen molar-refractivity contribution < 1.29 is 19.1 Å². The highest BCUT2D eigenvalue weighted by atomic mass is 16.5. The van der Waals surface area contributed by atoms with Crippen molar-refractivity contribution in [3.63, 3.8) is 0 Å². The summed E-state index contributed by atoms with van der Waals surface area (Å²) in [6.45, 7) is 4.10. The molecule has 2 amide bonds. The molecule has 0 spiro atoms. The highest BCUT2D eigenvalue weighted by molar-refractivity contribution is 6.07. The number of amides is 2. The maximum atomic E-state index is 12.7. The molecule has 7 heteroatoms. The Bertz CT molecular complexity index is 1390. The van der Waals surface area contributed by atoms with E-state index in [-0.39, 0.29) is 18.4 Å². The summed E-state index contributed by atoms with van der Waals surface area (Å²) in [7, 11) is 0. The lowest BCUT2D eigenvalue weighted by atomic mass is 10.0. The molecule has 0 saturated heterocycles. The molecule has 0 saturated carbocycles. The second-order valence-electron chi connectivity index (χ2n) is 8.07. The molecular formula is C29H27N3O4. The van der Waals surface area contributed by atoms with Gasteiger partial charge in [0.2, 0.25) is 0 Å². The lowest BCUT2D eigenvalue weighted by Gasteiger charge is -2.13. The van der Waals surface area contributed by atoms with Crippen molar-refractivity contribution in [2.75, 3.05) is 18.5 Å². The molecule has 36 heavy (non-hydrogen) atoms. The van der Waals surface area contributed by atoms with Crippen LogP contribution in [0.3, 0.4) is 0 Å². The third kappa shape index (κ3) is 6.27. The van der Waals surface area contributed by atoms with Gasteiger partial charge < -0.3 is 14.8 Å². The van der Waals surface area contributed by atoms with Crippen molar-refractivity contribution >= 4 is 34.5 Å². The van der Waals surface area contributed by atoms with Gasteiger partial charge in [0.25, 0.3) is 11.8 Å². The molecular weight excluding hydrogens is 454 g/mol. The topological polar surface area (TPSA) is 89.0 Å². The summed E-state index contributed by atoms with van der Waals surface area (Å²) < 4.78 is 11.4. The highest BCUT2D eigenvalue weighted by Gasteiger charge is 2.11. The molecule has 0 unspecified atom stereocenters. The van der Waals surface area contributed by atoms with Crippen molar-refractivity contribution in [2.45, 2.75) is 13.8 Å². The van der Waals surface area contributed by atoms with Gasteiger partial charge in [0.05, 0.1) is 12.8 Å². The average molecular weight is 482 g/mol. The summed E-state index contributed by atoms with van der Waals surface area (Å²) in [4.78, 5) is 24.9. The number of benzene rings is 4. The quantitative estimate of drug-likeness (QED) is 0.250. The van der Waals surface area contributed by atoms with Gasteiger partial charge >= 0.3 is 0 Å². The van der Waals surface area contributed by atoms with Crippen molar-refractivity contribution in [1.82, 2.24) is 5.43 Å². The fraction of sp³-hybridized carbons (Fsp3) is 0.138. The minimum atomic E-state index is -0.298. The first-order chi connectivity index (χ1) is 17.5. The number of carbonyl (C=O) groups is 2. The van der Waals surface area contributed by atoms with E-state index in [4.69, 9.17) is 9.47 Å². The molecule has 0 aliphatic rings. The van der Waals surface area contributed by atoms with E-state index in [0.717, 1.165) is 16.3 Å². The summed E-state index contributed by atoms with van der Waals surface area (Å²) in [5.41, 5.74) is 5.65. The molecule has 0 atom stereocenters. The number of aryl methyl sites for hydroxylation is 1. The van der Waals surface area contributed by atoms with Gasteiger partial charge in [-0.1, -0.05) is 54.1 Å². The second-order valence-corrected chi connectivity index (χ2v) is 8.07. The zero-order chi connectivity index (χ0) is 25.3. The number of ether oxygens (including phenoxy) is 2. The number of nitrogens with zero attached hydrogens (tertiary/aromatic N) is 1. The number of hydrogen-bond acceptors (Lipinski definition) is 5. The van der Waals surface area contributed by atoms with E-state index < -0.39 is 0 Å². The predicted molar refractivity (Wildman–Crippen MR) is 142 cm³/mol. The maximum absolute atomic E-state index is 12.7. The van der Waals surface area contributed by atoms with Gasteiger partial charge in [0.15, 0.2) is 18.1 Å². The smallest absolute Gasteiger partial charge is 0.271 e. The van der Waals surface area contributed by atoms with Crippen LogP contribution in [0.1, 0.15) is 28.4 Å². The Kier molecular flexibility index (Phi) is 7.93. The highest BCUT2D eigenvalue weighted by Crippen LogP contribution is 2.28. The Morgan fingerprint density at radius 2 is 1.67 bits per heavy atom. The monoisotopic (exact) mass is 481 g/mol. The normalized spacial score (nSPS) is 10.8. The van der Waals surface area contributed by atoms with Crippen LogP contribution in [-0.2, 0) is 4.79 Å². The third-order valence-electron chi connectivity index (χ3n) is 5.38. The van der Waals surface area contributed by atoms with Gasteiger partial charge in [-0.2, -0.15) is 5.10 Å². The molecule has 0 aromatic heterocycles. The van der Waals surface area contributed by atoms with Crippen LogP contribution in [-0.4, -0.2) is 31.2 Å². The minimum absolute atomic E-state index is 0.164. The van der Waals surface area contributed by atoms with Crippen LogP contribution in [0.25, 0.3) is 10.8 Å². The van der Waals surface area contributed by atoms with Gasteiger partial charge in [0.1, 0.15) is 0 Å². The first-order valence-electron chi connectivity index (χ1n) is 11.6. The zero-order valence-electron chi connectivity index (χ0n) is 20.2. The van der Waals surface area contributed by atoms with Crippen molar-refractivity contribution in [2.24, 2.45) is 5.10 Å². The number of nitrogens with one attached hydrogen (secondary N) is 2. The molecule has 4 aromatic carbocycles. The zero-order valence-corrected chi connectivity index (χ0v) is 20.2. The summed E-state index contributed by atoms with van der Waals surface area (Å²) >= 11 is 0. The van der Waals surface area contributed by atoms with Crippen molar-refractivity contribution in [3.8, 4) is 11.5 Å². The van der Waals surface area contributed by atoms with E-state index in [9.17, 15) is 9.59 Å². The SMILES string of the molecule is CCOc1cc(/C=N\NC(=O)c2cccc3ccccc23)ccc1OCC(=O)Nc1ccc(C)cc1. The molecule has 7 nitrogen and oxygen atoms in total. The van der Waals surface area contributed by atoms with E-state index in [2.05, 4.69) is 15.8 Å². The standard InChI is InChI=1S/C29H27N3O4/c1-3-35-27-17-21(13-16-26(27)36-19-28(33)31-23-14-11-20(2)12-15-23)18-30-32-29(34)25-10-6-8-22-7-4-5-9-24(22)25/h4-18H,3,19H2,1-2H3,(H,31,33)(H,32,34)/b30-18-. The Morgan fingerprint density at radius 1 is 0.889 bits per heavy atom. The number of carbonyl (C=O) groups excluding carboxylic acids is 2. The van der Waals surface area contributed by atoms with E-state index >= 15 is 0 Å². The van der Waals surface area contributed by atoms with Gasteiger partial charge in [-0.05, 0) is 66.6 Å². The molecule has 0 bridgehead atoms. The van der Waals surface area contributed by atoms with E-state index in [0.29, 0.717) is 34.9 Å². The first-order valence-corrected chi connectivity index (χ1v) is 11.6. The Labute approximate surface area is 209 Å². The minimum Gasteiger partial charge on any atom is -0.490 e. The fourth-order valence-electron chi connectivity index (χ4n) is 3.62. The van der Waals surface area contributed by atoms with Crippen LogP contribution in [0.2, 0.25) is 0 Å². The molecule has 0 heterocycles. The maximum Gasteiger partial charge on any atom is 0.271 e. The van der Waals surface area contributed by atoms with Crippen LogP contribution in [0.4, 0.5) is 5.69 Å². The molecule has 2 N–H and O–H groups in total. The number of rotatable bonds is 9. The van der Waals surface area contributed by atoms with E-state index in [1.54, 1.807) is 24.3 Å². The number of hydrazone groups is 1. The van der Waals surface area contributed by atoms with Crippen molar-refractivity contribution in [1.29, 1.82) is 0 Å². The van der Waals surface area contributed by atoms with Crippen LogP contribution >= 0.6 is 0 Å². The molecule has 0 fully saturated rings. The Hall–Kier alpha value is -4.65. The van der Waals surface area contributed by atoms with E-state index in [1.165, 1.54) is 6.21 Å². The van der Waals surface area contributed by atoms with Crippen LogP contribution in [0.15, 0.2) is 90.0 Å². The summed E-state index contributed by atoms with van der Waals surface area (Å²) in [5.74, 6) is 0.341. The molecule has 4 aromatic rings. The largest absolute Gasteiger partial charge is 0.490 e. The van der Waals surface area contributed by atoms with Gasteiger partial charge in [-0.15, -0.1) is 0 Å². The van der Waals surface area contributed by atoms with Crippen molar-refractivity contribution in [3.05, 3.63) is 102 Å². The average Bonchev–Trinajstić information content (AvgIpc) is 2.89. The summed E-state index contributed by atoms with van der Waals surface area (Å²) in [6, 6.07) is 26.0. The third-order valence-corrected chi connectivity index (χ3v) is 5.38. The molecule has 182 valence electrons. The Balaban J connectivity index is 1.38. The fourth-order valence-corrected chi connectivity index (χ4v) is 3.62. The van der Waals surface area contributed by atoms with Crippen LogP contribution in [0.5, 0.6) is 11.5 Å². The lowest BCUT2D eigenvalue weighted by Crippen LogP contribution is -2.20. The van der Waals surface area contributed by atoms with Gasteiger partial charge in [-0.25, -0.2) is 5.43 Å².